The second-order valence-corrected chi connectivity index (χ2v) is 5.24. The molecule has 0 heterocycles. The standard InChI is InChI=1S/C13H12S2/c1-10-2-6-12(7-3-10)15-13-8-4-11(14)5-9-13/h2-9,14H,1H3/p+1. The molecule has 0 saturated carbocycles. The van der Waals surface area contributed by atoms with E-state index in [1.54, 1.807) is 0 Å². The third-order valence-corrected chi connectivity index (χ3v) is 3.55. The molecule has 15 heavy (non-hydrogen) atoms. The fourth-order valence-corrected chi connectivity index (χ4v) is 2.34. The molecule has 76 valence electrons. The van der Waals surface area contributed by atoms with Gasteiger partial charge in [0.25, 0.3) is 0 Å². The zero-order valence-electron chi connectivity index (χ0n) is 8.51. The highest BCUT2D eigenvalue weighted by Crippen LogP contribution is 2.15. The van der Waals surface area contributed by atoms with Gasteiger partial charge < -0.3 is 0 Å². The van der Waals surface area contributed by atoms with Crippen molar-refractivity contribution in [1.29, 1.82) is 0 Å². The Bertz CT molecular complexity index is 386. The molecule has 0 bridgehead atoms. The van der Waals surface area contributed by atoms with Gasteiger partial charge in [-0.1, -0.05) is 17.7 Å². The van der Waals surface area contributed by atoms with Gasteiger partial charge in [0.1, 0.15) is 0 Å². The predicted octanol–water partition coefficient (Wildman–Crippen LogP) is 3.52. The molecule has 2 heteroatoms. The van der Waals surface area contributed by atoms with Gasteiger partial charge >= 0.3 is 0 Å². The van der Waals surface area contributed by atoms with E-state index < -0.39 is 0 Å². The van der Waals surface area contributed by atoms with Gasteiger partial charge in [-0.05, 0) is 43.3 Å². The first-order chi connectivity index (χ1) is 7.24. The van der Waals surface area contributed by atoms with Crippen LogP contribution in [0.2, 0.25) is 0 Å². The largest absolute Gasteiger partial charge is 0.158 e. The van der Waals surface area contributed by atoms with Crippen molar-refractivity contribution in [3.63, 3.8) is 0 Å². The van der Waals surface area contributed by atoms with Crippen molar-refractivity contribution in [2.45, 2.75) is 21.6 Å². The van der Waals surface area contributed by atoms with Crippen molar-refractivity contribution in [3.05, 3.63) is 54.1 Å². The van der Waals surface area contributed by atoms with E-state index >= 15 is 0 Å². The topological polar surface area (TPSA) is 0 Å². The van der Waals surface area contributed by atoms with Gasteiger partial charge in [-0.15, -0.1) is 12.6 Å². The van der Waals surface area contributed by atoms with E-state index in [2.05, 4.69) is 56.0 Å². The van der Waals surface area contributed by atoms with Gasteiger partial charge in [-0.3, -0.25) is 0 Å². The second-order valence-electron chi connectivity index (χ2n) is 3.46. The van der Waals surface area contributed by atoms with Crippen LogP contribution in [-0.2, 0) is 11.8 Å². The van der Waals surface area contributed by atoms with Gasteiger partial charge in [-0.25, -0.2) is 0 Å². The minimum atomic E-state index is 1.01. The summed E-state index contributed by atoms with van der Waals surface area (Å²) in [5, 5.41) is 0. The van der Waals surface area contributed by atoms with Crippen LogP contribution in [0.5, 0.6) is 0 Å². The molecule has 0 fully saturated rings. The van der Waals surface area contributed by atoms with Gasteiger partial charge in [0.05, 0.1) is 0 Å². The maximum atomic E-state index is 4.27. The Morgan fingerprint density at radius 3 is 1.80 bits per heavy atom. The Hall–Kier alpha value is -0.860. The van der Waals surface area contributed by atoms with Crippen LogP contribution >= 0.6 is 12.6 Å². The Balaban J connectivity index is 2.15. The summed E-state index contributed by atoms with van der Waals surface area (Å²) in [5.41, 5.74) is 1.31. The van der Waals surface area contributed by atoms with E-state index in [1.807, 2.05) is 12.1 Å². The Morgan fingerprint density at radius 1 is 0.800 bits per heavy atom. The fourth-order valence-electron chi connectivity index (χ4n) is 1.30. The summed E-state index contributed by atoms with van der Waals surface area (Å²) >= 11 is 5.52. The van der Waals surface area contributed by atoms with E-state index in [9.17, 15) is 0 Å². The summed E-state index contributed by atoms with van der Waals surface area (Å²) in [6.45, 7) is 2.11. The zero-order chi connectivity index (χ0) is 10.7. The van der Waals surface area contributed by atoms with E-state index in [-0.39, 0.29) is 0 Å². The predicted molar refractivity (Wildman–Crippen MR) is 70.2 cm³/mol. The molecule has 0 aliphatic heterocycles. The average Bonchev–Trinajstić information content (AvgIpc) is 2.25. The molecule has 2 rings (SSSR count). The molecule has 0 amide bonds. The molecule has 0 atom stereocenters. The van der Waals surface area contributed by atoms with Crippen LogP contribution in [0, 0.1) is 6.92 Å². The number of aryl methyl sites for hydroxylation is 1. The third kappa shape index (κ3) is 3.05. The maximum Gasteiger partial charge on any atom is 0.158 e. The lowest BCUT2D eigenvalue weighted by molar-refractivity contribution is 1.33. The highest BCUT2D eigenvalue weighted by atomic mass is 32.2. The Morgan fingerprint density at radius 2 is 1.27 bits per heavy atom. The van der Waals surface area contributed by atoms with Crippen LogP contribution in [0.25, 0.3) is 0 Å². The molecule has 0 saturated heterocycles. The minimum absolute atomic E-state index is 1.01. The van der Waals surface area contributed by atoms with E-state index in [1.165, 1.54) is 27.1 Å². The summed E-state index contributed by atoms with van der Waals surface area (Å²) in [6, 6.07) is 16.9. The molecule has 0 aliphatic carbocycles. The molecule has 0 radical (unpaired) electrons. The summed E-state index contributed by atoms with van der Waals surface area (Å²) in [5.74, 6) is 0. The lowest BCUT2D eigenvalue weighted by Gasteiger charge is -1.94. The molecule has 0 aromatic heterocycles. The van der Waals surface area contributed by atoms with Crippen molar-refractivity contribution in [2.24, 2.45) is 0 Å². The fraction of sp³-hybridized carbons (Fsp3) is 0.0769. The van der Waals surface area contributed by atoms with E-state index in [4.69, 9.17) is 0 Å². The lowest BCUT2D eigenvalue weighted by Crippen LogP contribution is -1.84. The second kappa shape index (κ2) is 4.77. The summed E-state index contributed by atoms with van der Waals surface area (Å²) < 4.78 is 0. The first kappa shape index (κ1) is 10.7. The molecular formula is C13H13S2+. The normalized spacial score (nSPS) is 10.3. The summed E-state index contributed by atoms with van der Waals surface area (Å²) in [4.78, 5) is 3.64. The average molecular weight is 233 g/mol. The van der Waals surface area contributed by atoms with Gasteiger partial charge in [0, 0.05) is 16.7 Å². The first-order valence-corrected chi connectivity index (χ1v) is 6.16. The highest BCUT2D eigenvalue weighted by Gasteiger charge is 2.05. The number of hydrogen-bond acceptors (Lipinski definition) is 1. The van der Waals surface area contributed by atoms with Gasteiger partial charge in [0.15, 0.2) is 9.79 Å². The van der Waals surface area contributed by atoms with E-state index in [0.717, 1.165) is 4.90 Å². The maximum absolute atomic E-state index is 4.27. The first-order valence-electron chi connectivity index (χ1n) is 4.81. The van der Waals surface area contributed by atoms with Crippen LogP contribution in [0.3, 0.4) is 0 Å². The van der Waals surface area contributed by atoms with Gasteiger partial charge in [0.2, 0.25) is 0 Å². The van der Waals surface area contributed by atoms with Crippen LogP contribution in [-0.4, -0.2) is 0 Å². The zero-order valence-corrected chi connectivity index (χ0v) is 10.3. The quantitative estimate of drug-likeness (QED) is 0.595. The third-order valence-electron chi connectivity index (χ3n) is 2.14. The Labute approximate surface area is 100 Å². The SMILES string of the molecule is Cc1ccc([SH+]c2ccc(S)cc2)cc1. The number of thiol groups is 2. The van der Waals surface area contributed by atoms with Crippen LogP contribution in [0.15, 0.2) is 63.2 Å². The molecule has 2 aromatic carbocycles. The number of hydrogen-bond donors (Lipinski definition) is 1. The van der Waals surface area contributed by atoms with Crippen molar-refractivity contribution in [1.82, 2.24) is 0 Å². The van der Waals surface area contributed by atoms with E-state index in [0.29, 0.717) is 0 Å². The molecule has 0 unspecified atom stereocenters. The molecular weight excluding hydrogens is 220 g/mol. The smallest absolute Gasteiger partial charge is 0.143 e. The summed E-state index contributed by atoms with van der Waals surface area (Å²) in [6.07, 6.45) is 0. The van der Waals surface area contributed by atoms with Crippen molar-refractivity contribution in [2.75, 3.05) is 0 Å². The van der Waals surface area contributed by atoms with Crippen LogP contribution < -0.4 is 0 Å². The van der Waals surface area contributed by atoms with Gasteiger partial charge in [-0.2, -0.15) is 0 Å². The van der Waals surface area contributed by atoms with Crippen molar-refractivity contribution < 1.29 is 0 Å². The molecule has 0 N–H and O–H groups in total. The molecule has 0 spiro atoms. The molecule has 2 aromatic rings. The monoisotopic (exact) mass is 233 g/mol. The molecule has 0 aliphatic rings. The number of rotatable bonds is 2. The Kier molecular flexibility index (Phi) is 3.39. The summed E-state index contributed by atoms with van der Waals surface area (Å²) in [7, 11) is 0. The molecule has 0 nitrogen and oxygen atoms in total. The minimum Gasteiger partial charge on any atom is -0.143 e. The lowest BCUT2D eigenvalue weighted by atomic mass is 10.2. The van der Waals surface area contributed by atoms with Crippen LogP contribution in [0.4, 0.5) is 0 Å². The van der Waals surface area contributed by atoms with Crippen molar-refractivity contribution in [3.8, 4) is 0 Å². The number of benzene rings is 2. The van der Waals surface area contributed by atoms with Crippen LogP contribution in [0.1, 0.15) is 5.56 Å². The highest BCUT2D eigenvalue weighted by molar-refractivity contribution is 7.80. The van der Waals surface area contributed by atoms with Crippen molar-refractivity contribution >= 4 is 24.4 Å².